The van der Waals surface area contributed by atoms with Gasteiger partial charge in [-0.3, -0.25) is 9.78 Å². The van der Waals surface area contributed by atoms with Crippen molar-refractivity contribution in [3.63, 3.8) is 0 Å². The SMILES string of the molecule is C[C@H](OC(=O)c1cncc(Br)c1)C(=O)c1ccc(Cl)cc1. The summed E-state index contributed by atoms with van der Waals surface area (Å²) in [6.07, 6.45) is 2.05. The van der Waals surface area contributed by atoms with E-state index >= 15 is 0 Å². The highest BCUT2D eigenvalue weighted by atomic mass is 79.9. The van der Waals surface area contributed by atoms with Crippen LogP contribution in [0.3, 0.4) is 0 Å². The van der Waals surface area contributed by atoms with E-state index in [9.17, 15) is 9.59 Å². The Hall–Kier alpha value is -1.72. The molecule has 0 unspecified atom stereocenters. The summed E-state index contributed by atoms with van der Waals surface area (Å²) in [5.41, 5.74) is 0.715. The molecule has 0 aliphatic rings. The highest BCUT2D eigenvalue weighted by molar-refractivity contribution is 9.10. The molecule has 0 saturated heterocycles. The van der Waals surface area contributed by atoms with Crippen LogP contribution in [0.5, 0.6) is 0 Å². The summed E-state index contributed by atoms with van der Waals surface area (Å²) in [6, 6.07) is 7.99. The first-order valence-corrected chi connectivity index (χ1v) is 7.26. The number of halogens is 2. The first kappa shape index (κ1) is 15.7. The van der Waals surface area contributed by atoms with Crippen molar-refractivity contribution < 1.29 is 14.3 Å². The molecule has 2 rings (SSSR count). The van der Waals surface area contributed by atoms with Crippen molar-refractivity contribution in [3.8, 4) is 0 Å². The van der Waals surface area contributed by atoms with E-state index in [0.29, 0.717) is 15.1 Å². The molecule has 6 heteroatoms. The Bertz CT molecular complexity index is 673. The average Bonchev–Trinajstić information content (AvgIpc) is 2.47. The maximum Gasteiger partial charge on any atom is 0.340 e. The molecule has 0 spiro atoms. The number of aromatic nitrogens is 1. The van der Waals surface area contributed by atoms with Gasteiger partial charge in [0.2, 0.25) is 5.78 Å². The summed E-state index contributed by atoms with van der Waals surface area (Å²) >= 11 is 8.99. The third kappa shape index (κ3) is 4.12. The average molecular weight is 369 g/mol. The third-order valence-corrected chi connectivity index (χ3v) is 3.41. The van der Waals surface area contributed by atoms with E-state index in [1.807, 2.05) is 0 Å². The number of carbonyl (C=O) groups is 2. The Labute approximate surface area is 135 Å². The van der Waals surface area contributed by atoms with Crippen LogP contribution in [0.25, 0.3) is 0 Å². The predicted molar refractivity (Wildman–Crippen MR) is 82.6 cm³/mol. The Kier molecular flexibility index (Phi) is 5.09. The second-order valence-electron chi connectivity index (χ2n) is 4.31. The van der Waals surface area contributed by atoms with Gasteiger partial charge in [-0.1, -0.05) is 11.6 Å². The van der Waals surface area contributed by atoms with Gasteiger partial charge in [0.25, 0.3) is 0 Å². The molecular formula is C15H11BrClNO3. The van der Waals surface area contributed by atoms with E-state index < -0.39 is 12.1 Å². The van der Waals surface area contributed by atoms with E-state index in [-0.39, 0.29) is 11.3 Å². The summed E-state index contributed by atoms with van der Waals surface area (Å²) in [5.74, 6) is -0.887. The Morgan fingerprint density at radius 3 is 2.48 bits per heavy atom. The number of rotatable bonds is 4. The van der Waals surface area contributed by atoms with E-state index in [0.717, 1.165) is 0 Å². The van der Waals surface area contributed by atoms with Gasteiger partial charge in [0, 0.05) is 27.5 Å². The molecule has 0 saturated carbocycles. The molecule has 0 fully saturated rings. The zero-order chi connectivity index (χ0) is 15.4. The number of Topliss-reactive ketones (excluding diaryl/α,β-unsaturated/α-hetero) is 1. The largest absolute Gasteiger partial charge is 0.451 e. The molecule has 1 aromatic carbocycles. The Morgan fingerprint density at radius 1 is 1.19 bits per heavy atom. The van der Waals surface area contributed by atoms with E-state index in [1.54, 1.807) is 36.5 Å². The topological polar surface area (TPSA) is 56.3 Å². The van der Waals surface area contributed by atoms with E-state index in [1.165, 1.54) is 13.1 Å². The number of ether oxygens (including phenoxy) is 1. The van der Waals surface area contributed by atoms with Crippen LogP contribution < -0.4 is 0 Å². The van der Waals surface area contributed by atoms with Crippen molar-refractivity contribution in [3.05, 3.63) is 63.3 Å². The minimum Gasteiger partial charge on any atom is -0.451 e. The van der Waals surface area contributed by atoms with Crippen LogP contribution in [-0.4, -0.2) is 22.8 Å². The fourth-order valence-electron chi connectivity index (χ4n) is 1.65. The monoisotopic (exact) mass is 367 g/mol. The molecule has 1 atom stereocenters. The number of ketones is 1. The van der Waals surface area contributed by atoms with E-state index in [4.69, 9.17) is 16.3 Å². The number of esters is 1. The number of nitrogens with zero attached hydrogens (tertiary/aromatic N) is 1. The number of benzene rings is 1. The van der Waals surface area contributed by atoms with Gasteiger partial charge >= 0.3 is 5.97 Å². The molecule has 0 radical (unpaired) electrons. The summed E-state index contributed by atoms with van der Waals surface area (Å²) in [7, 11) is 0. The van der Waals surface area contributed by atoms with Gasteiger partial charge in [0.1, 0.15) is 0 Å². The van der Waals surface area contributed by atoms with Crippen LogP contribution in [0.4, 0.5) is 0 Å². The van der Waals surface area contributed by atoms with Crippen LogP contribution in [-0.2, 0) is 4.74 Å². The first-order chi connectivity index (χ1) is 9.97. The van der Waals surface area contributed by atoms with Crippen molar-refractivity contribution in [1.29, 1.82) is 0 Å². The predicted octanol–water partition coefficient (Wildman–Crippen LogP) is 3.93. The highest BCUT2D eigenvalue weighted by Crippen LogP contribution is 2.15. The van der Waals surface area contributed by atoms with Gasteiger partial charge in [-0.15, -0.1) is 0 Å². The molecule has 2 aromatic rings. The van der Waals surface area contributed by atoms with Crippen molar-refractivity contribution in [2.75, 3.05) is 0 Å². The molecule has 108 valence electrons. The number of carbonyl (C=O) groups excluding carboxylic acids is 2. The minimum atomic E-state index is -0.891. The number of hydrogen-bond acceptors (Lipinski definition) is 4. The first-order valence-electron chi connectivity index (χ1n) is 6.08. The summed E-state index contributed by atoms with van der Waals surface area (Å²) in [4.78, 5) is 28.0. The maximum absolute atomic E-state index is 12.1. The lowest BCUT2D eigenvalue weighted by Crippen LogP contribution is -2.24. The third-order valence-electron chi connectivity index (χ3n) is 2.72. The highest BCUT2D eigenvalue weighted by Gasteiger charge is 2.20. The second kappa shape index (κ2) is 6.83. The van der Waals surface area contributed by atoms with Gasteiger partial charge < -0.3 is 4.74 Å². The van der Waals surface area contributed by atoms with Gasteiger partial charge in [0.15, 0.2) is 6.10 Å². The summed E-state index contributed by atoms with van der Waals surface area (Å²) < 4.78 is 5.82. The van der Waals surface area contributed by atoms with Crippen LogP contribution in [0.15, 0.2) is 47.2 Å². The number of hydrogen-bond donors (Lipinski definition) is 0. The Morgan fingerprint density at radius 2 is 1.86 bits per heavy atom. The lowest BCUT2D eigenvalue weighted by Gasteiger charge is -2.12. The molecule has 0 aliphatic carbocycles. The number of pyridine rings is 1. The fourth-order valence-corrected chi connectivity index (χ4v) is 2.15. The molecule has 0 bridgehead atoms. The molecule has 1 aromatic heterocycles. The normalized spacial score (nSPS) is 11.8. The Balaban J connectivity index is 2.07. The summed E-state index contributed by atoms with van der Waals surface area (Å²) in [6.45, 7) is 1.53. The van der Waals surface area contributed by atoms with Gasteiger partial charge in [-0.05, 0) is 53.2 Å². The molecule has 21 heavy (non-hydrogen) atoms. The fraction of sp³-hybridized carbons (Fsp3) is 0.133. The lowest BCUT2D eigenvalue weighted by molar-refractivity contribution is 0.0318. The van der Waals surface area contributed by atoms with Crippen LogP contribution in [0.1, 0.15) is 27.6 Å². The van der Waals surface area contributed by atoms with Crippen molar-refractivity contribution in [2.45, 2.75) is 13.0 Å². The molecular weight excluding hydrogens is 358 g/mol. The lowest BCUT2D eigenvalue weighted by atomic mass is 10.1. The smallest absolute Gasteiger partial charge is 0.340 e. The van der Waals surface area contributed by atoms with Crippen LogP contribution in [0, 0.1) is 0 Å². The van der Waals surface area contributed by atoms with Crippen LogP contribution in [0.2, 0.25) is 5.02 Å². The molecule has 0 amide bonds. The van der Waals surface area contributed by atoms with Crippen molar-refractivity contribution in [1.82, 2.24) is 4.98 Å². The standard InChI is InChI=1S/C15H11BrClNO3/c1-9(14(19)10-2-4-13(17)5-3-10)21-15(20)11-6-12(16)8-18-7-11/h2-9H,1H3/t9-/m0/s1. The minimum absolute atomic E-state index is 0.278. The van der Waals surface area contributed by atoms with Crippen molar-refractivity contribution >= 4 is 39.3 Å². The van der Waals surface area contributed by atoms with Gasteiger partial charge in [-0.2, -0.15) is 0 Å². The maximum atomic E-state index is 12.1. The molecule has 0 N–H and O–H groups in total. The molecule has 4 nitrogen and oxygen atoms in total. The molecule has 1 heterocycles. The second-order valence-corrected chi connectivity index (χ2v) is 5.66. The van der Waals surface area contributed by atoms with E-state index in [2.05, 4.69) is 20.9 Å². The molecule has 0 aliphatic heterocycles. The van der Waals surface area contributed by atoms with Gasteiger partial charge in [0.05, 0.1) is 5.56 Å². The zero-order valence-corrected chi connectivity index (χ0v) is 13.4. The summed E-state index contributed by atoms with van der Waals surface area (Å²) in [5, 5.41) is 0.538. The quantitative estimate of drug-likeness (QED) is 0.606. The zero-order valence-electron chi connectivity index (χ0n) is 11.0. The van der Waals surface area contributed by atoms with Crippen molar-refractivity contribution in [2.24, 2.45) is 0 Å². The van der Waals surface area contributed by atoms with Gasteiger partial charge in [-0.25, -0.2) is 4.79 Å². The van der Waals surface area contributed by atoms with Crippen LogP contribution >= 0.6 is 27.5 Å².